The zero-order valence-corrected chi connectivity index (χ0v) is 7.10. The third-order valence-corrected chi connectivity index (χ3v) is 2.12. The lowest BCUT2D eigenvalue weighted by Crippen LogP contribution is -2.11. The van der Waals surface area contributed by atoms with Gasteiger partial charge in [-0.1, -0.05) is 0 Å². The molecule has 0 aliphatic heterocycles. The number of rotatable bonds is 4. The van der Waals surface area contributed by atoms with Gasteiger partial charge in [-0.15, -0.1) is 11.3 Å². The molecule has 1 aromatic heterocycles. The van der Waals surface area contributed by atoms with Crippen LogP contribution in [0.3, 0.4) is 0 Å². The quantitative estimate of drug-likeness (QED) is 0.622. The number of carboxylic acid groups (broad SMARTS) is 1. The highest BCUT2D eigenvalue weighted by molar-refractivity contribution is 7.15. The normalized spacial score (nSPS) is 9.75. The molecule has 0 bridgehead atoms. The second-order valence-corrected chi connectivity index (χ2v) is 3.20. The van der Waals surface area contributed by atoms with E-state index < -0.39 is 5.97 Å². The van der Waals surface area contributed by atoms with Crippen LogP contribution in [0.25, 0.3) is 0 Å². The highest BCUT2D eigenvalue weighted by atomic mass is 32.1. The minimum atomic E-state index is -0.903. The Hall–Kier alpha value is -1.14. The molecule has 5 nitrogen and oxygen atoms in total. The molecule has 0 radical (unpaired) electrons. The third kappa shape index (κ3) is 2.48. The number of nitrogens with one attached hydrogen (secondary N) is 1. The van der Waals surface area contributed by atoms with Crippen molar-refractivity contribution in [2.24, 2.45) is 5.73 Å². The number of aromatic nitrogens is 1. The Morgan fingerprint density at radius 3 is 3.08 bits per heavy atom. The summed E-state index contributed by atoms with van der Waals surface area (Å²) >= 11 is 1.36. The van der Waals surface area contributed by atoms with Gasteiger partial charge in [0.25, 0.3) is 0 Å². The van der Waals surface area contributed by atoms with Gasteiger partial charge in [-0.05, 0) is 0 Å². The van der Waals surface area contributed by atoms with Crippen LogP contribution in [0.2, 0.25) is 0 Å². The minimum absolute atomic E-state index is 0.114. The second kappa shape index (κ2) is 4.03. The van der Waals surface area contributed by atoms with E-state index >= 15 is 0 Å². The lowest BCUT2D eigenvalue weighted by atomic mass is 10.6. The zero-order valence-electron chi connectivity index (χ0n) is 6.28. The van der Waals surface area contributed by atoms with Gasteiger partial charge >= 0.3 is 5.97 Å². The maximum atomic E-state index is 10.1. The van der Waals surface area contributed by atoms with Crippen molar-refractivity contribution < 1.29 is 9.90 Å². The van der Waals surface area contributed by atoms with Crippen LogP contribution in [0.4, 0.5) is 5.13 Å². The molecule has 0 saturated heterocycles. The lowest BCUT2D eigenvalue weighted by molar-refractivity contribution is -0.134. The average molecular weight is 187 g/mol. The molecule has 1 aromatic rings. The van der Waals surface area contributed by atoms with Gasteiger partial charge in [0, 0.05) is 17.6 Å². The Balaban J connectivity index is 2.47. The van der Waals surface area contributed by atoms with Crippen LogP contribution in [0.5, 0.6) is 0 Å². The maximum absolute atomic E-state index is 10.1. The smallest absolute Gasteiger partial charge is 0.322 e. The number of hydrogen-bond acceptors (Lipinski definition) is 5. The largest absolute Gasteiger partial charge is 0.480 e. The highest BCUT2D eigenvalue weighted by Crippen LogP contribution is 2.16. The summed E-state index contributed by atoms with van der Waals surface area (Å²) in [6.07, 6.45) is 1.63. The monoisotopic (exact) mass is 187 g/mol. The van der Waals surface area contributed by atoms with Gasteiger partial charge in [0.2, 0.25) is 0 Å². The van der Waals surface area contributed by atoms with Crippen LogP contribution < -0.4 is 11.1 Å². The van der Waals surface area contributed by atoms with E-state index in [2.05, 4.69) is 10.3 Å². The SMILES string of the molecule is NCc1cnc(NCC(=O)O)s1. The number of nitrogens with zero attached hydrogens (tertiary/aromatic N) is 1. The third-order valence-electron chi connectivity index (χ3n) is 1.15. The van der Waals surface area contributed by atoms with Crippen molar-refractivity contribution in [1.82, 2.24) is 4.98 Å². The summed E-state index contributed by atoms with van der Waals surface area (Å²) in [5.74, 6) is -0.903. The molecule has 66 valence electrons. The first kappa shape index (κ1) is 8.95. The van der Waals surface area contributed by atoms with Gasteiger partial charge in [-0.25, -0.2) is 4.98 Å². The Bertz CT molecular complexity index is 274. The predicted molar refractivity (Wildman–Crippen MR) is 46.1 cm³/mol. The second-order valence-electron chi connectivity index (χ2n) is 2.08. The first-order valence-corrected chi connectivity index (χ1v) is 4.14. The van der Waals surface area contributed by atoms with Gasteiger partial charge in [-0.3, -0.25) is 4.79 Å². The fourth-order valence-electron chi connectivity index (χ4n) is 0.635. The first-order chi connectivity index (χ1) is 5.72. The summed E-state index contributed by atoms with van der Waals surface area (Å²) in [4.78, 5) is 15.0. The minimum Gasteiger partial charge on any atom is -0.480 e. The zero-order chi connectivity index (χ0) is 8.97. The van der Waals surface area contributed by atoms with Crippen molar-refractivity contribution in [3.8, 4) is 0 Å². The Morgan fingerprint density at radius 1 is 1.83 bits per heavy atom. The van der Waals surface area contributed by atoms with Gasteiger partial charge in [0.1, 0.15) is 6.54 Å². The predicted octanol–water partition coefficient (Wildman–Crippen LogP) is 0.0983. The molecule has 0 spiro atoms. The average Bonchev–Trinajstić information content (AvgIpc) is 2.48. The molecule has 0 aliphatic rings. The van der Waals surface area contributed by atoms with E-state index in [0.29, 0.717) is 11.7 Å². The van der Waals surface area contributed by atoms with Crippen LogP contribution >= 0.6 is 11.3 Å². The Kier molecular flexibility index (Phi) is 3.01. The fraction of sp³-hybridized carbons (Fsp3) is 0.333. The molecule has 0 aromatic carbocycles. The van der Waals surface area contributed by atoms with Crippen molar-refractivity contribution >= 4 is 22.4 Å². The lowest BCUT2D eigenvalue weighted by Gasteiger charge is -1.94. The summed E-state index contributed by atoms with van der Waals surface area (Å²) in [5.41, 5.74) is 5.35. The topological polar surface area (TPSA) is 88.2 Å². The fourth-order valence-corrected chi connectivity index (χ4v) is 1.32. The molecule has 0 saturated carbocycles. The van der Waals surface area contributed by atoms with Crippen molar-refractivity contribution in [2.45, 2.75) is 6.54 Å². The van der Waals surface area contributed by atoms with Crippen LogP contribution in [-0.4, -0.2) is 22.6 Å². The number of carboxylic acids is 1. The number of nitrogens with two attached hydrogens (primary N) is 1. The van der Waals surface area contributed by atoms with E-state index in [1.807, 2.05) is 0 Å². The van der Waals surface area contributed by atoms with Gasteiger partial charge in [0.05, 0.1) is 0 Å². The summed E-state index contributed by atoms with van der Waals surface area (Å²) in [7, 11) is 0. The summed E-state index contributed by atoms with van der Waals surface area (Å²) in [6, 6.07) is 0. The van der Waals surface area contributed by atoms with E-state index in [9.17, 15) is 4.79 Å². The molecular weight excluding hydrogens is 178 g/mol. The number of aliphatic carboxylic acids is 1. The highest BCUT2D eigenvalue weighted by Gasteiger charge is 2.01. The van der Waals surface area contributed by atoms with E-state index in [4.69, 9.17) is 10.8 Å². The van der Waals surface area contributed by atoms with Crippen molar-refractivity contribution in [3.63, 3.8) is 0 Å². The van der Waals surface area contributed by atoms with Gasteiger partial charge < -0.3 is 16.2 Å². The van der Waals surface area contributed by atoms with Crippen LogP contribution in [-0.2, 0) is 11.3 Å². The molecule has 4 N–H and O–H groups in total. The standard InChI is InChI=1S/C6H9N3O2S/c7-1-4-2-8-6(12-4)9-3-5(10)11/h2H,1,3,7H2,(H,8,9)(H,10,11). The molecule has 12 heavy (non-hydrogen) atoms. The molecule has 0 fully saturated rings. The van der Waals surface area contributed by atoms with Crippen LogP contribution in [0.15, 0.2) is 6.20 Å². The van der Waals surface area contributed by atoms with Crippen LogP contribution in [0.1, 0.15) is 4.88 Å². The van der Waals surface area contributed by atoms with Crippen LogP contribution in [0, 0.1) is 0 Å². The number of carbonyl (C=O) groups is 1. The van der Waals surface area contributed by atoms with Crippen molar-refractivity contribution in [1.29, 1.82) is 0 Å². The van der Waals surface area contributed by atoms with Crippen molar-refractivity contribution in [3.05, 3.63) is 11.1 Å². The number of hydrogen-bond donors (Lipinski definition) is 3. The molecule has 0 unspecified atom stereocenters. The summed E-state index contributed by atoms with van der Waals surface area (Å²) in [6.45, 7) is 0.323. The van der Waals surface area contributed by atoms with Gasteiger partial charge in [-0.2, -0.15) is 0 Å². The molecule has 1 rings (SSSR count). The molecule has 0 aliphatic carbocycles. The summed E-state index contributed by atoms with van der Waals surface area (Å²) < 4.78 is 0. The molecular formula is C6H9N3O2S. The first-order valence-electron chi connectivity index (χ1n) is 3.33. The maximum Gasteiger partial charge on any atom is 0.322 e. The van der Waals surface area contributed by atoms with Crippen molar-refractivity contribution in [2.75, 3.05) is 11.9 Å². The Labute approximate surface area is 73.2 Å². The van der Waals surface area contributed by atoms with E-state index in [0.717, 1.165) is 4.88 Å². The van der Waals surface area contributed by atoms with E-state index in [1.165, 1.54) is 11.3 Å². The Morgan fingerprint density at radius 2 is 2.58 bits per heavy atom. The summed E-state index contributed by atoms with van der Waals surface area (Å²) in [5, 5.41) is 11.6. The van der Waals surface area contributed by atoms with E-state index in [1.54, 1.807) is 6.20 Å². The molecule has 0 amide bonds. The molecule has 0 atom stereocenters. The number of thiazole rings is 1. The van der Waals surface area contributed by atoms with Gasteiger partial charge in [0.15, 0.2) is 5.13 Å². The molecule has 1 heterocycles. The number of anilines is 1. The molecule has 6 heteroatoms. The van der Waals surface area contributed by atoms with E-state index in [-0.39, 0.29) is 6.54 Å².